The summed E-state index contributed by atoms with van der Waals surface area (Å²) in [6, 6.07) is 16.0. The average molecular weight is 422 g/mol. The molecule has 1 fully saturated rings. The van der Waals surface area contributed by atoms with Crippen molar-refractivity contribution in [3.8, 4) is 11.1 Å². The molecule has 7 nitrogen and oxygen atoms in total. The highest BCUT2D eigenvalue weighted by Gasteiger charge is 2.25. The molecule has 4 aromatic rings. The van der Waals surface area contributed by atoms with Crippen molar-refractivity contribution < 1.29 is 4.21 Å². The Balaban J connectivity index is 0.000000147. The second kappa shape index (κ2) is 9.15. The molecule has 0 saturated carbocycles. The summed E-state index contributed by atoms with van der Waals surface area (Å²) in [7, 11) is -0.802. The molecule has 1 aliphatic rings. The van der Waals surface area contributed by atoms with Gasteiger partial charge >= 0.3 is 0 Å². The van der Waals surface area contributed by atoms with Gasteiger partial charge in [0.2, 0.25) is 0 Å². The third-order valence-corrected chi connectivity index (χ3v) is 6.32. The van der Waals surface area contributed by atoms with E-state index in [9.17, 15) is 9.00 Å². The quantitative estimate of drug-likeness (QED) is 0.531. The predicted molar refractivity (Wildman–Crippen MR) is 119 cm³/mol. The second-order valence-electron chi connectivity index (χ2n) is 7.16. The van der Waals surface area contributed by atoms with Crippen molar-refractivity contribution in [3.05, 3.63) is 83.2 Å². The van der Waals surface area contributed by atoms with Crippen molar-refractivity contribution in [1.82, 2.24) is 24.5 Å². The fourth-order valence-corrected chi connectivity index (χ4v) is 4.37. The number of hydrogen-bond donors (Lipinski definition) is 2. The lowest BCUT2D eigenvalue weighted by atomic mass is 9.99. The van der Waals surface area contributed by atoms with Crippen molar-refractivity contribution >= 4 is 21.9 Å². The Kier molecular flexibility index (Phi) is 6.15. The highest BCUT2D eigenvalue weighted by atomic mass is 32.2. The van der Waals surface area contributed by atoms with E-state index >= 15 is 0 Å². The Hall–Kier alpha value is -3.10. The van der Waals surface area contributed by atoms with E-state index in [-0.39, 0.29) is 5.56 Å². The topological polar surface area (TPSA) is 94.7 Å². The summed E-state index contributed by atoms with van der Waals surface area (Å²) in [4.78, 5) is 18.2. The number of nitrogens with zero attached hydrogens (tertiary/aromatic N) is 3. The Morgan fingerprint density at radius 3 is 2.67 bits per heavy atom. The first-order chi connectivity index (χ1) is 14.6. The van der Waals surface area contributed by atoms with E-state index in [1.54, 1.807) is 18.6 Å². The lowest BCUT2D eigenvalue weighted by Gasteiger charge is -2.12. The molecular weight excluding hydrogens is 398 g/mol. The summed E-state index contributed by atoms with van der Waals surface area (Å²) in [5, 5.41) is 7.20. The van der Waals surface area contributed by atoms with Crippen molar-refractivity contribution in [1.29, 1.82) is 0 Å². The molecule has 1 saturated heterocycles. The maximum absolute atomic E-state index is 11.6. The van der Waals surface area contributed by atoms with Gasteiger partial charge in [-0.15, -0.1) is 0 Å². The number of rotatable bonds is 3. The molecule has 8 heteroatoms. The van der Waals surface area contributed by atoms with Gasteiger partial charge in [-0.2, -0.15) is 5.10 Å². The van der Waals surface area contributed by atoms with Crippen LogP contribution in [0.5, 0.6) is 0 Å². The van der Waals surface area contributed by atoms with E-state index in [2.05, 4.69) is 44.4 Å². The monoisotopic (exact) mass is 421 g/mol. The molecule has 0 aliphatic carbocycles. The van der Waals surface area contributed by atoms with Crippen LogP contribution in [0.2, 0.25) is 0 Å². The normalized spacial score (nSPS) is 17.4. The molecule has 1 aliphatic heterocycles. The zero-order valence-electron chi connectivity index (χ0n) is 16.6. The number of aromatic amines is 2. The Morgan fingerprint density at radius 1 is 1.13 bits per heavy atom. The SMILES string of the molecule is CS(=O)N1CCC(c2ccccc2)C1.O=c1[nH]cnc2ccc(-c3cn[nH]c3)cc12. The Bertz CT molecular complexity index is 1190. The maximum Gasteiger partial charge on any atom is 0.258 e. The number of benzene rings is 2. The van der Waals surface area contributed by atoms with E-state index in [0.717, 1.165) is 30.6 Å². The van der Waals surface area contributed by atoms with Crippen LogP contribution in [0.15, 0.2) is 72.0 Å². The lowest BCUT2D eigenvalue weighted by molar-refractivity contribution is 0.532. The summed E-state index contributed by atoms with van der Waals surface area (Å²) in [6.07, 6.45) is 7.79. The van der Waals surface area contributed by atoms with Gasteiger partial charge in [-0.25, -0.2) is 13.5 Å². The van der Waals surface area contributed by atoms with Crippen LogP contribution < -0.4 is 5.56 Å². The number of fused-ring (bicyclic) bond motifs is 1. The smallest absolute Gasteiger partial charge is 0.258 e. The van der Waals surface area contributed by atoms with Crippen molar-refractivity contribution in [2.24, 2.45) is 0 Å². The largest absolute Gasteiger partial charge is 0.313 e. The molecule has 2 unspecified atom stereocenters. The lowest BCUT2D eigenvalue weighted by Crippen LogP contribution is -2.21. The molecule has 2 N–H and O–H groups in total. The Morgan fingerprint density at radius 2 is 1.97 bits per heavy atom. The molecule has 30 heavy (non-hydrogen) atoms. The summed E-state index contributed by atoms with van der Waals surface area (Å²) >= 11 is 0. The van der Waals surface area contributed by atoms with E-state index in [0.29, 0.717) is 16.8 Å². The number of nitrogens with one attached hydrogen (secondary N) is 2. The highest BCUT2D eigenvalue weighted by Crippen LogP contribution is 2.27. The van der Waals surface area contributed by atoms with Crippen LogP contribution in [0.25, 0.3) is 22.0 Å². The molecular formula is C22H23N5O2S. The molecule has 2 aromatic carbocycles. The zero-order valence-corrected chi connectivity index (χ0v) is 17.4. The minimum Gasteiger partial charge on any atom is -0.313 e. The zero-order chi connectivity index (χ0) is 20.9. The summed E-state index contributed by atoms with van der Waals surface area (Å²) < 4.78 is 13.3. The predicted octanol–water partition coefficient (Wildman–Crippen LogP) is 3.08. The van der Waals surface area contributed by atoms with Crippen LogP contribution in [-0.2, 0) is 11.0 Å². The highest BCUT2D eigenvalue weighted by molar-refractivity contribution is 7.81. The van der Waals surface area contributed by atoms with Crippen molar-refractivity contribution in [2.75, 3.05) is 19.3 Å². The summed E-state index contributed by atoms with van der Waals surface area (Å²) in [6.45, 7) is 1.90. The molecule has 0 amide bonds. The summed E-state index contributed by atoms with van der Waals surface area (Å²) in [5.41, 5.74) is 3.83. The molecule has 2 aromatic heterocycles. The van der Waals surface area contributed by atoms with Crippen molar-refractivity contribution in [3.63, 3.8) is 0 Å². The molecule has 0 bridgehead atoms. The minimum atomic E-state index is -0.802. The van der Waals surface area contributed by atoms with Crippen LogP contribution in [-0.4, -0.2) is 48.0 Å². The summed E-state index contributed by atoms with van der Waals surface area (Å²) in [5.74, 6) is 0.570. The van der Waals surface area contributed by atoms with Gasteiger partial charge in [-0.05, 0) is 35.6 Å². The molecule has 0 spiro atoms. The molecule has 0 radical (unpaired) electrons. The van der Waals surface area contributed by atoms with Crippen LogP contribution in [0.3, 0.4) is 0 Å². The van der Waals surface area contributed by atoms with Crippen LogP contribution >= 0.6 is 0 Å². The van der Waals surface area contributed by atoms with Gasteiger partial charge in [-0.1, -0.05) is 36.4 Å². The van der Waals surface area contributed by atoms with E-state index < -0.39 is 11.0 Å². The standard InChI is InChI=1S/C11H8N4O.C11H15NOS/c16-11-9-3-7(8-4-14-15-5-8)1-2-10(9)12-6-13-11;1-14(13)12-8-7-11(9-12)10-5-3-2-4-6-10/h1-6H,(H,14,15)(H,12,13,16);2-6,11H,7-9H2,1H3. The van der Waals surface area contributed by atoms with Gasteiger partial charge in [-0.3, -0.25) is 9.89 Å². The van der Waals surface area contributed by atoms with E-state index in [1.807, 2.05) is 28.6 Å². The average Bonchev–Trinajstić information content (AvgIpc) is 3.48. The van der Waals surface area contributed by atoms with Gasteiger partial charge in [0.05, 0.1) is 34.4 Å². The minimum absolute atomic E-state index is 0.129. The number of hydrogen-bond acceptors (Lipinski definition) is 4. The van der Waals surface area contributed by atoms with Crippen molar-refractivity contribution in [2.45, 2.75) is 12.3 Å². The first-order valence-electron chi connectivity index (χ1n) is 9.72. The number of H-pyrrole nitrogens is 2. The number of aromatic nitrogens is 4. The Labute approximate surface area is 176 Å². The van der Waals surface area contributed by atoms with Crippen LogP contribution in [0.1, 0.15) is 17.9 Å². The fraction of sp³-hybridized carbons (Fsp3) is 0.227. The van der Waals surface area contributed by atoms with E-state index in [1.165, 1.54) is 11.9 Å². The van der Waals surface area contributed by atoms with Gasteiger partial charge in [0.15, 0.2) is 0 Å². The fourth-order valence-electron chi connectivity index (χ4n) is 3.62. The molecule has 3 heterocycles. The first-order valence-corrected chi connectivity index (χ1v) is 11.2. The molecule has 154 valence electrons. The van der Waals surface area contributed by atoms with Gasteiger partial charge in [0.1, 0.15) is 0 Å². The third kappa shape index (κ3) is 4.55. The van der Waals surface area contributed by atoms with Gasteiger partial charge < -0.3 is 4.98 Å². The van der Waals surface area contributed by atoms with Crippen LogP contribution in [0.4, 0.5) is 0 Å². The first kappa shape index (κ1) is 20.2. The van der Waals surface area contributed by atoms with Gasteiger partial charge in [0.25, 0.3) is 5.56 Å². The second-order valence-corrected chi connectivity index (χ2v) is 8.52. The van der Waals surface area contributed by atoms with E-state index in [4.69, 9.17) is 0 Å². The third-order valence-electron chi connectivity index (χ3n) is 5.26. The molecule has 2 atom stereocenters. The van der Waals surface area contributed by atoms with Gasteiger partial charge in [0, 0.05) is 31.1 Å². The molecule has 5 rings (SSSR count). The maximum atomic E-state index is 11.6. The van der Waals surface area contributed by atoms with Crippen LogP contribution in [0, 0.1) is 0 Å².